The Balaban J connectivity index is 1.51. The third-order valence-corrected chi connectivity index (χ3v) is 5.83. The van der Waals surface area contributed by atoms with Crippen LogP contribution >= 0.6 is 0 Å². The number of nitrogens with one attached hydrogen (secondary N) is 1. The summed E-state index contributed by atoms with van der Waals surface area (Å²) in [6.07, 6.45) is 9.63. The summed E-state index contributed by atoms with van der Waals surface area (Å²) in [7, 11) is 0. The van der Waals surface area contributed by atoms with Gasteiger partial charge in [0.2, 0.25) is 0 Å². The molecule has 3 rings (SSSR count). The Morgan fingerprint density at radius 1 is 1.12 bits per heavy atom. The van der Waals surface area contributed by atoms with E-state index in [1.54, 1.807) is 6.08 Å². The number of allylic oxidation sites excluding steroid dienone is 2. The highest BCUT2D eigenvalue weighted by Crippen LogP contribution is 2.20. The van der Waals surface area contributed by atoms with Gasteiger partial charge in [0.1, 0.15) is 5.70 Å². The van der Waals surface area contributed by atoms with Crippen LogP contribution in [0.15, 0.2) is 23.9 Å². The minimum Gasteiger partial charge on any atom is -0.364 e. The second kappa shape index (κ2) is 8.34. The molecule has 1 atom stereocenters. The Hall–Kier alpha value is -1.37. The van der Waals surface area contributed by atoms with Gasteiger partial charge in [0.05, 0.1) is 6.17 Å². The number of hydrogen-bond donors (Lipinski definition) is 2. The molecule has 3 aliphatic heterocycles. The maximum absolute atomic E-state index is 11.4. The van der Waals surface area contributed by atoms with E-state index >= 15 is 0 Å². The molecule has 0 aliphatic carbocycles. The van der Waals surface area contributed by atoms with Crippen LogP contribution in [0, 0.1) is 0 Å². The summed E-state index contributed by atoms with van der Waals surface area (Å²) in [5.74, 6) is -0.386. The molecule has 2 fully saturated rings. The smallest absolute Gasteiger partial charge is 0.264 e. The lowest BCUT2D eigenvalue weighted by Crippen LogP contribution is -2.50. The van der Waals surface area contributed by atoms with Gasteiger partial charge < -0.3 is 16.0 Å². The van der Waals surface area contributed by atoms with Crippen LogP contribution in [-0.2, 0) is 4.79 Å². The topological polar surface area (TPSA) is 64.8 Å². The lowest BCUT2D eigenvalue weighted by Gasteiger charge is -2.39. The molecule has 1 unspecified atom stereocenters. The normalized spacial score (nSPS) is 27.8. The third-order valence-electron chi connectivity index (χ3n) is 5.83. The number of carbonyl (C=O) groups excluding carboxylic acids is 1. The van der Waals surface area contributed by atoms with Crippen molar-refractivity contribution in [2.75, 3.05) is 39.3 Å². The molecule has 0 aromatic carbocycles. The third kappa shape index (κ3) is 4.63. The zero-order valence-electron chi connectivity index (χ0n) is 15.7. The van der Waals surface area contributed by atoms with E-state index in [0.29, 0.717) is 11.7 Å². The summed E-state index contributed by atoms with van der Waals surface area (Å²) in [6, 6.07) is 1.39. The summed E-state index contributed by atoms with van der Waals surface area (Å²) in [5.41, 5.74) is 5.92. The lowest BCUT2D eigenvalue weighted by atomic mass is 10.0. The number of carbonyl (C=O) groups is 1. The van der Waals surface area contributed by atoms with Crippen LogP contribution in [0.1, 0.15) is 33.1 Å². The molecule has 6 nitrogen and oxygen atoms in total. The molecule has 3 N–H and O–H groups in total. The maximum Gasteiger partial charge on any atom is 0.264 e. The van der Waals surface area contributed by atoms with Crippen LogP contribution in [0.2, 0.25) is 0 Å². The van der Waals surface area contributed by atoms with Crippen molar-refractivity contribution >= 4 is 5.91 Å². The number of primary amides is 1. The molecule has 0 radical (unpaired) electrons. The molecular formula is C19H33N5O. The highest BCUT2D eigenvalue weighted by atomic mass is 16.1. The number of piperidine rings is 1. The van der Waals surface area contributed by atoms with Crippen molar-refractivity contribution in [2.24, 2.45) is 5.73 Å². The average Bonchev–Trinajstić information content (AvgIpc) is 2.88. The molecule has 2 saturated heterocycles. The maximum atomic E-state index is 11.4. The van der Waals surface area contributed by atoms with Crippen molar-refractivity contribution in [1.29, 1.82) is 0 Å². The first-order valence-corrected chi connectivity index (χ1v) is 9.71. The Morgan fingerprint density at radius 3 is 2.48 bits per heavy atom. The van der Waals surface area contributed by atoms with Gasteiger partial charge in [0.25, 0.3) is 5.91 Å². The first-order chi connectivity index (χ1) is 12.0. The fourth-order valence-corrected chi connectivity index (χ4v) is 4.25. The number of rotatable bonds is 4. The number of dihydropyridines is 1. The molecule has 0 bridgehead atoms. The second-order valence-corrected chi connectivity index (χ2v) is 7.71. The number of hydrogen-bond acceptors (Lipinski definition) is 5. The zero-order chi connectivity index (χ0) is 17.8. The quantitative estimate of drug-likeness (QED) is 0.785. The number of amides is 1. The molecule has 0 aromatic rings. The molecule has 1 amide bonds. The van der Waals surface area contributed by atoms with E-state index in [-0.39, 0.29) is 12.1 Å². The Kier molecular flexibility index (Phi) is 6.15. The van der Waals surface area contributed by atoms with E-state index in [9.17, 15) is 4.79 Å². The summed E-state index contributed by atoms with van der Waals surface area (Å²) in [5, 5.41) is 3.26. The van der Waals surface area contributed by atoms with Crippen molar-refractivity contribution in [3.63, 3.8) is 0 Å². The van der Waals surface area contributed by atoms with Gasteiger partial charge in [-0.25, -0.2) is 0 Å². The largest absolute Gasteiger partial charge is 0.364 e. The van der Waals surface area contributed by atoms with Crippen LogP contribution < -0.4 is 11.1 Å². The SMILES string of the molecule is CC(C)N1CCC(N2CCCN(C3C=CC=C(C(N)=O)N3)CC2)CC1. The highest BCUT2D eigenvalue weighted by Gasteiger charge is 2.29. The molecule has 0 saturated carbocycles. The van der Waals surface area contributed by atoms with Gasteiger partial charge >= 0.3 is 0 Å². The number of nitrogens with two attached hydrogens (primary N) is 1. The van der Waals surface area contributed by atoms with Gasteiger partial charge in [0, 0.05) is 31.7 Å². The van der Waals surface area contributed by atoms with E-state index in [2.05, 4.69) is 39.9 Å². The predicted molar refractivity (Wildman–Crippen MR) is 101 cm³/mol. The monoisotopic (exact) mass is 347 g/mol. The fourth-order valence-electron chi connectivity index (χ4n) is 4.25. The van der Waals surface area contributed by atoms with E-state index < -0.39 is 0 Å². The van der Waals surface area contributed by atoms with Crippen molar-refractivity contribution < 1.29 is 4.79 Å². The van der Waals surface area contributed by atoms with Crippen LogP contribution in [0.3, 0.4) is 0 Å². The molecule has 140 valence electrons. The Morgan fingerprint density at radius 2 is 1.80 bits per heavy atom. The van der Waals surface area contributed by atoms with E-state index in [1.807, 2.05) is 6.08 Å². The molecule has 3 aliphatic rings. The molecule has 0 aromatic heterocycles. The predicted octanol–water partition coefficient (Wildman–Crippen LogP) is 0.722. The number of likely N-dealkylation sites (tertiary alicyclic amines) is 1. The average molecular weight is 348 g/mol. The number of nitrogens with zero attached hydrogens (tertiary/aromatic N) is 3. The van der Waals surface area contributed by atoms with Crippen LogP contribution in [0.5, 0.6) is 0 Å². The second-order valence-electron chi connectivity index (χ2n) is 7.71. The fraction of sp³-hybridized carbons (Fsp3) is 0.737. The Bertz CT molecular complexity index is 522. The summed E-state index contributed by atoms with van der Waals surface area (Å²) in [4.78, 5) is 19.1. The first-order valence-electron chi connectivity index (χ1n) is 9.71. The van der Waals surface area contributed by atoms with E-state index in [0.717, 1.165) is 25.7 Å². The zero-order valence-corrected chi connectivity index (χ0v) is 15.7. The lowest BCUT2D eigenvalue weighted by molar-refractivity contribution is -0.115. The van der Waals surface area contributed by atoms with Gasteiger partial charge in [-0.2, -0.15) is 0 Å². The molecule has 25 heavy (non-hydrogen) atoms. The van der Waals surface area contributed by atoms with Gasteiger partial charge in [-0.3, -0.25) is 14.6 Å². The summed E-state index contributed by atoms with van der Waals surface area (Å²) >= 11 is 0. The van der Waals surface area contributed by atoms with Crippen molar-refractivity contribution in [3.05, 3.63) is 23.9 Å². The van der Waals surface area contributed by atoms with Crippen molar-refractivity contribution in [1.82, 2.24) is 20.0 Å². The van der Waals surface area contributed by atoms with Crippen LogP contribution in [0.4, 0.5) is 0 Å². The van der Waals surface area contributed by atoms with Gasteiger partial charge in [-0.15, -0.1) is 0 Å². The van der Waals surface area contributed by atoms with Crippen molar-refractivity contribution in [3.8, 4) is 0 Å². The molecular weight excluding hydrogens is 314 g/mol. The van der Waals surface area contributed by atoms with E-state index in [4.69, 9.17) is 5.73 Å². The van der Waals surface area contributed by atoms with E-state index in [1.165, 1.54) is 38.9 Å². The molecule has 0 spiro atoms. The highest BCUT2D eigenvalue weighted by molar-refractivity contribution is 5.91. The molecule has 6 heteroatoms. The summed E-state index contributed by atoms with van der Waals surface area (Å²) in [6.45, 7) is 11.4. The standard InChI is InChI=1S/C19H33N5O/c1-15(2)22-11-7-16(8-12-22)23-9-4-10-24(14-13-23)18-6-3-5-17(21-18)19(20)25/h3,5-6,15-16,18,21H,4,7-14H2,1-2H3,(H2,20,25). The van der Waals surface area contributed by atoms with Gasteiger partial charge in [-0.1, -0.05) is 6.08 Å². The van der Waals surface area contributed by atoms with Gasteiger partial charge in [-0.05, 0) is 64.9 Å². The van der Waals surface area contributed by atoms with Gasteiger partial charge in [0.15, 0.2) is 0 Å². The minimum absolute atomic E-state index is 0.0789. The van der Waals surface area contributed by atoms with Crippen LogP contribution in [-0.4, -0.2) is 78.1 Å². The van der Waals surface area contributed by atoms with Crippen LogP contribution in [0.25, 0.3) is 0 Å². The molecule has 3 heterocycles. The first kappa shape index (κ1) is 18.4. The minimum atomic E-state index is -0.386. The van der Waals surface area contributed by atoms with Crippen molar-refractivity contribution in [2.45, 2.75) is 51.4 Å². The Labute approximate surface area is 151 Å². The summed E-state index contributed by atoms with van der Waals surface area (Å²) < 4.78 is 0.